The van der Waals surface area contributed by atoms with Crippen LogP contribution < -0.4 is 9.62 Å². The summed E-state index contributed by atoms with van der Waals surface area (Å²) in [5.41, 5.74) is -1.57. The molecule has 210 valence electrons. The summed E-state index contributed by atoms with van der Waals surface area (Å²) in [5.74, 6) is -1.74. The molecule has 3 aromatic rings. The number of unbranched alkanes of at least 4 members (excludes halogenated alkanes) is 1. The predicted octanol–water partition coefficient (Wildman–Crippen LogP) is 5.88. The number of carbonyl (C=O) groups is 1. The minimum absolute atomic E-state index is 0.00890. The molecule has 0 atom stereocenters. The number of hydrogen-bond acceptors (Lipinski definition) is 6. The number of rotatable bonds is 11. The normalized spacial score (nSPS) is 12.0. The highest BCUT2D eigenvalue weighted by molar-refractivity contribution is 7.92. The van der Waals surface area contributed by atoms with Crippen molar-refractivity contribution in [3.8, 4) is 11.3 Å². The minimum atomic E-state index is -4.82. The van der Waals surface area contributed by atoms with Crippen molar-refractivity contribution in [1.82, 2.24) is 9.97 Å². The van der Waals surface area contributed by atoms with Crippen LogP contribution >= 0.6 is 0 Å². The van der Waals surface area contributed by atoms with E-state index >= 15 is 0 Å². The number of benzene rings is 1. The number of nitrogens with zero attached hydrogens (tertiary/aromatic N) is 3. The molecule has 0 fully saturated rings. The second kappa shape index (κ2) is 12.0. The van der Waals surface area contributed by atoms with Gasteiger partial charge in [0.2, 0.25) is 0 Å². The standard InChI is InChI=1S/C26H28F4N4O4S/c1-16(2)34(14-5-4-9-24(35)36)22-7-6-8-23(32-22)39(37,38)33-21-13-12-20(26(28,29)30)25(31-21)19-15-18(27)11-10-17(19)3/h6-8,10-13,15-16H,4-5,9,14H2,1-3H3,(H,31,33)(H,35,36). The average molecular weight is 569 g/mol. The summed E-state index contributed by atoms with van der Waals surface area (Å²) in [4.78, 5) is 20.7. The molecule has 2 N–H and O–H groups in total. The fourth-order valence-electron chi connectivity index (χ4n) is 3.90. The Labute approximate surface area is 223 Å². The molecule has 0 spiro atoms. The first-order chi connectivity index (χ1) is 18.2. The molecule has 0 saturated carbocycles. The fraction of sp³-hybridized carbons (Fsp3) is 0.346. The Morgan fingerprint density at radius 2 is 1.79 bits per heavy atom. The summed E-state index contributed by atoms with van der Waals surface area (Å²) in [6, 6.07) is 9.12. The summed E-state index contributed by atoms with van der Waals surface area (Å²) >= 11 is 0. The largest absolute Gasteiger partial charge is 0.481 e. The Hall–Kier alpha value is -3.74. The maximum atomic E-state index is 13.9. The van der Waals surface area contributed by atoms with E-state index in [4.69, 9.17) is 5.11 Å². The van der Waals surface area contributed by atoms with Crippen LogP contribution in [0.25, 0.3) is 11.3 Å². The Bertz CT molecular complexity index is 1450. The molecule has 8 nitrogen and oxygen atoms in total. The summed E-state index contributed by atoms with van der Waals surface area (Å²) < 4.78 is 83.5. The van der Waals surface area contributed by atoms with E-state index in [-0.39, 0.29) is 23.1 Å². The van der Waals surface area contributed by atoms with E-state index in [0.717, 1.165) is 18.2 Å². The van der Waals surface area contributed by atoms with E-state index in [1.165, 1.54) is 25.1 Å². The summed E-state index contributed by atoms with van der Waals surface area (Å²) in [6.45, 7) is 5.68. The van der Waals surface area contributed by atoms with Crippen LogP contribution in [-0.2, 0) is 21.0 Å². The molecule has 13 heteroatoms. The number of pyridine rings is 2. The van der Waals surface area contributed by atoms with Gasteiger partial charge in [0, 0.05) is 24.6 Å². The van der Waals surface area contributed by atoms with Crippen LogP contribution in [0, 0.1) is 12.7 Å². The Balaban J connectivity index is 1.94. The SMILES string of the molecule is Cc1ccc(F)cc1-c1nc(NS(=O)(=O)c2cccc(N(CCCCC(=O)O)C(C)C)n2)ccc1C(F)(F)F. The molecule has 0 aliphatic rings. The maximum absolute atomic E-state index is 13.9. The van der Waals surface area contributed by atoms with Gasteiger partial charge in [0.15, 0.2) is 5.03 Å². The molecule has 0 aliphatic heterocycles. The van der Waals surface area contributed by atoms with E-state index in [1.807, 2.05) is 18.7 Å². The van der Waals surface area contributed by atoms with Gasteiger partial charge in [0.1, 0.15) is 17.5 Å². The third-order valence-electron chi connectivity index (χ3n) is 5.84. The Morgan fingerprint density at radius 3 is 2.44 bits per heavy atom. The van der Waals surface area contributed by atoms with Crippen molar-refractivity contribution in [3.63, 3.8) is 0 Å². The number of carboxylic acid groups (broad SMARTS) is 1. The number of hydrogen-bond donors (Lipinski definition) is 2. The zero-order chi connectivity index (χ0) is 29.0. The van der Waals surface area contributed by atoms with Crippen LogP contribution in [0.5, 0.6) is 0 Å². The number of aryl methyl sites for hydroxylation is 1. The van der Waals surface area contributed by atoms with Gasteiger partial charge in [-0.05, 0) is 75.6 Å². The number of aromatic nitrogens is 2. The Morgan fingerprint density at radius 1 is 1.08 bits per heavy atom. The van der Waals surface area contributed by atoms with Gasteiger partial charge in [0.25, 0.3) is 10.0 Å². The van der Waals surface area contributed by atoms with Gasteiger partial charge in [-0.1, -0.05) is 12.1 Å². The summed E-state index contributed by atoms with van der Waals surface area (Å²) in [5, 5.41) is 8.45. The zero-order valence-electron chi connectivity index (χ0n) is 21.5. The third kappa shape index (κ3) is 7.65. The van der Waals surface area contributed by atoms with Gasteiger partial charge >= 0.3 is 12.1 Å². The minimum Gasteiger partial charge on any atom is -0.481 e. The van der Waals surface area contributed by atoms with Crippen molar-refractivity contribution in [2.24, 2.45) is 0 Å². The van der Waals surface area contributed by atoms with E-state index in [1.54, 1.807) is 6.07 Å². The zero-order valence-corrected chi connectivity index (χ0v) is 22.3. The summed E-state index contributed by atoms with van der Waals surface area (Å²) in [6.07, 6.45) is -3.84. The molecular formula is C26H28F4N4O4S. The molecule has 3 rings (SSSR count). The van der Waals surface area contributed by atoms with Crippen molar-refractivity contribution in [3.05, 3.63) is 65.5 Å². The highest BCUT2D eigenvalue weighted by Gasteiger charge is 2.35. The number of aliphatic carboxylic acids is 1. The first-order valence-corrected chi connectivity index (χ1v) is 13.5. The third-order valence-corrected chi connectivity index (χ3v) is 7.09. The molecule has 0 aliphatic carbocycles. The number of alkyl halides is 3. The fourth-order valence-corrected chi connectivity index (χ4v) is 4.86. The van der Waals surface area contributed by atoms with Crippen molar-refractivity contribution >= 4 is 27.6 Å². The van der Waals surface area contributed by atoms with Gasteiger partial charge in [-0.15, -0.1) is 0 Å². The second-order valence-electron chi connectivity index (χ2n) is 9.13. The van der Waals surface area contributed by atoms with E-state index in [0.29, 0.717) is 36.8 Å². The van der Waals surface area contributed by atoms with Crippen molar-refractivity contribution < 1.29 is 35.9 Å². The van der Waals surface area contributed by atoms with E-state index in [9.17, 15) is 30.8 Å². The van der Waals surface area contributed by atoms with Gasteiger partial charge < -0.3 is 10.0 Å². The van der Waals surface area contributed by atoms with Crippen LogP contribution in [0.2, 0.25) is 0 Å². The lowest BCUT2D eigenvalue weighted by Crippen LogP contribution is -2.33. The van der Waals surface area contributed by atoms with Crippen molar-refractivity contribution in [1.29, 1.82) is 0 Å². The molecule has 0 saturated heterocycles. The quantitative estimate of drug-likeness (QED) is 0.219. The maximum Gasteiger partial charge on any atom is 0.418 e. The lowest BCUT2D eigenvalue weighted by molar-refractivity contribution is -0.138. The van der Waals surface area contributed by atoms with Crippen LogP contribution in [-0.4, -0.2) is 42.0 Å². The molecule has 0 radical (unpaired) electrons. The number of carboxylic acids is 1. The molecule has 0 amide bonds. The number of nitrogens with one attached hydrogen (secondary N) is 1. The van der Waals surface area contributed by atoms with Gasteiger partial charge in [-0.3, -0.25) is 9.52 Å². The van der Waals surface area contributed by atoms with Gasteiger partial charge in [0.05, 0.1) is 11.3 Å². The molecule has 0 unspecified atom stereocenters. The van der Waals surface area contributed by atoms with Gasteiger partial charge in [-0.2, -0.15) is 21.6 Å². The van der Waals surface area contributed by atoms with E-state index < -0.39 is 45.1 Å². The number of sulfonamides is 1. The molecule has 1 aromatic carbocycles. The van der Waals surface area contributed by atoms with Crippen LogP contribution in [0.1, 0.15) is 44.2 Å². The highest BCUT2D eigenvalue weighted by atomic mass is 32.2. The van der Waals surface area contributed by atoms with Crippen LogP contribution in [0.15, 0.2) is 53.6 Å². The molecule has 39 heavy (non-hydrogen) atoms. The monoisotopic (exact) mass is 568 g/mol. The number of halogens is 4. The highest BCUT2D eigenvalue weighted by Crippen LogP contribution is 2.38. The van der Waals surface area contributed by atoms with Gasteiger partial charge in [-0.25, -0.2) is 14.4 Å². The molecular weight excluding hydrogens is 540 g/mol. The van der Waals surface area contributed by atoms with Crippen molar-refractivity contribution in [2.45, 2.75) is 57.3 Å². The Kier molecular flexibility index (Phi) is 9.15. The second-order valence-corrected chi connectivity index (χ2v) is 10.8. The first kappa shape index (κ1) is 29.8. The number of anilines is 2. The van der Waals surface area contributed by atoms with E-state index in [2.05, 4.69) is 14.7 Å². The predicted molar refractivity (Wildman–Crippen MR) is 138 cm³/mol. The lowest BCUT2D eigenvalue weighted by atomic mass is 10.0. The first-order valence-electron chi connectivity index (χ1n) is 12.0. The molecule has 2 aromatic heterocycles. The average Bonchev–Trinajstić information content (AvgIpc) is 2.84. The van der Waals surface area contributed by atoms with Crippen molar-refractivity contribution in [2.75, 3.05) is 16.2 Å². The topological polar surface area (TPSA) is 112 Å². The summed E-state index contributed by atoms with van der Waals surface area (Å²) in [7, 11) is -4.38. The molecule has 2 heterocycles. The smallest absolute Gasteiger partial charge is 0.418 e. The van der Waals surface area contributed by atoms with Crippen LogP contribution in [0.3, 0.4) is 0 Å². The molecule has 0 bridgehead atoms. The van der Waals surface area contributed by atoms with Crippen LogP contribution in [0.4, 0.5) is 29.2 Å². The lowest BCUT2D eigenvalue weighted by Gasteiger charge is -2.28.